The number of amides is 2. The highest BCUT2D eigenvalue weighted by molar-refractivity contribution is 5.94. The molecule has 31 heavy (non-hydrogen) atoms. The van der Waals surface area contributed by atoms with Gasteiger partial charge in [-0.25, -0.2) is 4.79 Å². The maximum absolute atomic E-state index is 12.5. The van der Waals surface area contributed by atoms with E-state index in [1.54, 1.807) is 6.20 Å². The lowest BCUT2D eigenvalue weighted by Gasteiger charge is -2.22. The highest BCUT2D eigenvalue weighted by Gasteiger charge is 2.11. The van der Waals surface area contributed by atoms with Crippen LogP contribution in [0.2, 0.25) is 0 Å². The summed E-state index contributed by atoms with van der Waals surface area (Å²) in [6.45, 7) is 1.18. The van der Waals surface area contributed by atoms with Gasteiger partial charge >= 0.3 is 6.03 Å². The quantitative estimate of drug-likeness (QED) is 0.449. The summed E-state index contributed by atoms with van der Waals surface area (Å²) in [6.07, 6.45) is 3.71. The molecule has 156 valence electrons. The minimum absolute atomic E-state index is 0.241. The van der Waals surface area contributed by atoms with Gasteiger partial charge in [-0.3, -0.25) is 4.68 Å². The number of hydrogen-bond donors (Lipinski definition) is 2. The molecule has 0 unspecified atom stereocenters. The molecule has 0 saturated carbocycles. The van der Waals surface area contributed by atoms with E-state index < -0.39 is 0 Å². The van der Waals surface area contributed by atoms with Gasteiger partial charge in [0.2, 0.25) is 0 Å². The summed E-state index contributed by atoms with van der Waals surface area (Å²) < 4.78 is 1.88. The van der Waals surface area contributed by atoms with Crippen molar-refractivity contribution in [2.24, 2.45) is 0 Å². The van der Waals surface area contributed by atoms with Crippen LogP contribution in [-0.4, -0.2) is 22.9 Å². The molecule has 4 aromatic rings. The lowest BCUT2D eigenvalue weighted by Crippen LogP contribution is -2.29. The molecule has 1 heterocycles. The molecule has 2 amide bonds. The number of nitrogens with zero attached hydrogens (tertiary/aromatic N) is 3. The van der Waals surface area contributed by atoms with E-state index in [-0.39, 0.29) is 6.03 Å². The lowest BCUT2D eigenvalue weighted by atomic mass is 10.1. The van der Waals surface area contributed by atoms with Crippen LogP contribution in [0.15, 0.2) is 97.3 Å². The Morgan fingerprint density at radius 3 is 2.35 bits per heavy atom. The number of hydrogen-bond acceptors (Lipinski definition) is 3. The number of aromatic nitrogens is 2. The Kier molecular flexibility index (Phi) is 6.28. The molecule has 0 spiro atoms. The molecule has 0 radical (unpaired) electrons. The van der Waals surface area contributed by atoms with Crippen molar-refractivity contribution in [2.75, 3.05) is 17.3 Å². The first kappa shape index (κ1) is 20.2. The molecule has 0 aliphatic carbocycles. The van der Waals surface area contributed by atoms with Crippen LogP contribution in [-0.2, 0) is 13.1 Å². The van der Waals surface area contributed by atoms with Gasteiger partial charge in [-0.05, 0) is 41.5 Å². The highest BCUT2D eigenvalue weighted by Crippen LogP contribution is 2.30. The van der Waals surface area contributed by atoms with Crippen molar-refractivity contribution in [1.29, 1.82) is 0 Å². The highest BCUT2D eigenvalue weighted by atomic mass is 16.2. The number of rotatable bonds is 7. The molecule has 1 aromatic heterocycles. The fourth-order valence-electron chi connectivity index (χ4n) is 3.35. The van der Waals surface area contributed by atoms with Gasteiger partial charge in [0.15, 0.2) is 0 Å². The maximum atomic E-state index is 12.5. The third kappa shape index (κ3) is 5.30. The largest absolute Gasteiger partial charge is 0.343 e. The molecular weight excluding hydrogens is 386 g/mol. The molecule has 2 N–H and O–H groups in total. The van der Waals surface area contributed by atoms with Crippen LogP contribution in [0.1, 0.15) is 11.1 Å². The van der Waals surface area contributed by atoms with Gasteiger partial charge in [0.1, 0.15) is 0 Å². The fourth-order valence-corrected chi connectivity index (χ4v) is 3.35. The number of carbonyl (C=O) groups excluding carboxylic acids is 1. The SMILES string of the molecule is CN(c1ccccc1)c1ccccc1NC(=O)NCc1ccc(Cn2cccn2)cc1. The summed E-state index contributed by atoms with van der Waals surface area (Å²) in [5.74, 6) is 0. The van der Waals surface area contributed by atoms with Gasteiger partial charge < -0.3 is 15.5 Å². The van der Waals surface area contributed by atoms with Gasteiger partial charge in [-0.15, -0.1) is 0 Å². The number of urea groups is 1. The second kappa shape index (κ2) is 9.63. The third-order valence-electron chi connectivity index (χ3n) is 5.04. The first-order chi connectivity index (χ1) is 15.2. The number of nitrogens with one attached hydrogen (secondary N) is 2. The van der Waals surface area contributed by atoms with Crippen molar-refractivity contribution < 1.29 is 4.79 Å². The van der Waals surface area contributed by atoms with Crippen LogP contribution in [0, 0.1) is 0 Å². The summed E-state index contributed by atoms with van der Waals surface area (Å²) in [6, 6.07) is 27.6. The summed E-state index contributed by atoms with van der Waals surface area (Å²) in [7, 11) is 1.98. The standard InChI is InChI=1S/C25H25N5O/c1-29(22-8-3-2-4-9-22)24-11-6-5-10-23(24)28-25(31)26-18-20-12-14-21(15-13-20)19-30-17-7-16-27-30/h2-17H,18-19H2,1H3,(H2,26,28,31). The monoisotopic (exact) mass is 411 g/mol. The summed E-state index contributed by atoms with van der Waals surface area (Å²) in [5.41, 5.74) is 4.92. The minimum Gasteiger partial charge on any atom is -0.343 e. The predicted octanol–water partition coefficient (Wildman–Crippen LogP) is 5.02. The van der Waals surface area contributed by atoms with Crippen molar-refractivity contribution in [3.8, 4) is 0 Å². The Morgan fingerprint density at radius 2 is 1.61 bits per heavy atom. The summed E-state index contributed by atoms with van der Waals surface area (Å²) >= 11 is 0. The summed E-state index contributed by atoms with van der Waals surface area (Å²) in [5, 5.41) is 10.1. The van der Waals surface area contributed by atoms with Crippen LogP contribution in [0.4, 0.5) is 21.9 Å². The van der Waals surface area contributed by atoms with Crippen LogP contribution in [0.5, 0.6) is 0 Å². The van der Waals surface area contributed by atoms with Crippen molar-refractivity contribution in [2.45, 2.75) is 13.1 Å². The van der Waals surface area contributed by atoms with Gasteiger partial charge in [0.25, 0.3) is 0 Å². The molecule has 0 fully saturated rings. The Morgan fingerprint density at radius 1 is 0.903 bits per heavy atom. The smallest absolute Gasteiger partial charge is 0.319 e. The zero-order valence-electron chi connectivity index (χ0n) is 17.4. The normalized spacial score (nSPS) is 10.5. The second-order valence-corrected chi connectivity index (χ2v) is 7.24. The van der Waals surface area contributed by atoms with Crippen LogP contribution in [0.25, 0.3) is 0 Å². The molecule has 0 bridgehead atoms. The first-order valence-electron chi connectivity index (χ1n) is 10.2. The van der Waals surface area contributed by atoms with Crippen molar-refractivity contribution >= 4 is 23.1 Å². The van der Waals surface area contributed by atoms with E-state index in [0.717, 1.165) is 34.7 Å². The topological polar surface area (TPSA) is 62.2 Å². The van der Waals surface area contributed by atoms with Gasteiger partial charge in [0.05, 0.1) is 17.9 Å². The molecular formula is C25H25N5O. The lowest BCUT2D eigenvalue weighted by molar-refractivity contribution is 0.251. The van der Waals surface area contributed by atoms with Crippen LogP contribution >= 0.6 is 0 Å². The average Bonchev–Trinajstić information content (AvgIpc) is 3.32. The Hall–Kier alpha value is -4.06. The average molecular weight is 412 g/mol. The van der Waals surface area contributed by atoms with E-state index in [1.165, 1.54) is 0 Å². The zero-order chi connectivity index (χ0) is 21.5. The molecule has 0 aliphatic heterocycles. The predicted molar refractivity (Wildman–Crippen MR) is 125 cm³/mol. The van der Waals surface area contributed by atoms with E-state index >= 15 is 0 Å². The molecule has 0 aliphatic rings. The first-order valence-corrected chi connectivity index (χ1v) is 10.2. The second-order valence-electron chi connectivity index (χ2n) is 7.24. The maximum Gasteiger partial charge on any atom is 0.319 e. The number of anilines is 3. The Labute approximate surface area is 182 Å². The number of benzene rings is 3. The van der Waals surface area contributed by atoms with E-state index in [2.05, 4.69) is 27.9 Å². The van der Waals surface area contributed by atoms with Gasteiger partial charge in [-0.1, -0.05) is 54.6 Å². The molecule has 0 saturated heterocycles. The Balaban J connectivity index is 1.35. The number of para-hydroxylation sites is 3. The Bertz CT molecular complexity index is 1110. The fraction of sp³-hybridized carbons (Fsp3) is 0.120. The van der Waals surface area contributed by atoms with Gasteiger partial charge in [-0.2, -0.15) is 5.10 Å². The molecule has 6 heteroatoms. The molecule has 6 nitrogen and oxygen atoms in total. The van der Waals surface area contributed by atoms with Crippen molar-refractivity contribution in [1.82, 2.24) is 15.1 Å². The third-order valence-corrected chi connectivity index (χ3v) is 5.04. The van der Waals surface area contributed by atoms with Crippen molar-refractivity contribution in [3.05, 3.63) is 108 Å². The summed E-state index contributed by atoms with van der Waals surface area (Å²) in [4.78, 5) is 14.6. The van der Waals surface area contributed by atoms with Crippen LogP contribution in [0.3, 0.4) is 0 Å². The van der Waals surface area contributed by atoms with E-state index in [0.29, 0.717) is 6.54 Å². The zero-order valence-corrected chi connectivity index (χ0v) is 17.4. The molecule has 4 rings (SSSR count). The molecule has 3 aromatic carbocycles. The van der Waals surface area contributed by atoms with Crippen molar-refractivity contribution in [3.63, 3.8) is 0 Å². The van der Waals surface area contributed by atoms with Crippen LogP contribution < -0.4 is 15.5 Å². The van der Waals surface area contributed by atoms with E-state index in [1.807, 2.05) is 95.6 Å². The minimum atomic E-state index is -0.241. The van der Waals surface area contributed by atoms with Gasteiger partial charge in [0, 0.05) is 31.7 Å². The number of carbonyl (C=O) groups is 1. The molecule has 0 atom stereocenters. The van der Waals surface area contributed by atoms with E-state index in [9.17, 15) is 4.79 Å². The van der Waals surface area contributed by atoms with E-state index in [4.69, 9.17) is 0 Å².